The van der Waals surface area contributed by atoms with Crippen molar-refractivity contribution >= 4 is 29.7 Å². The van der Waals surface area contributed by atoms with Gasteiger partial charge in [-0.25, -0.2) is 4.79 Å². The molecule has 0 spiro atoms. The molecule has 2 aliphatic heterocycles. The number of fused-ring (bicyclic) bond motifs is 1. The summed E-state index contributed by atoms with van der Waals surface area (Å²) < 4.78 is 11.8. The third kappa shape index (κ3) is 5.55. The molecule has 1 fully saturated rings. The molecule has 1 atom stereocenters. The molecule has 2 aliphatic rings. The zero-order valence-electron chi connectivity index (χ0n) is 22.2. The van der Waals surface area contributed by atoms with E-state index in [1.54, 1.807) is 11.1 Å². The molecule has 2 heterocycles. The first kappa shape index (κ1) is 25.7. The molecule has 1 amide bonds. The number of anilines is 1. The number of piperazine rings is 1. The van der Waals surface area contributed by atoms with Crippen molar-refractivity contribution in [3.05, 3.63) is 59.7 Å². The van der Waals surface area contributed by atoms with Crippen LogP contribution in [0.25, 0.3) is 0 Å². The van der Waals surface area contributed by atoms with E-state index in [1.165, 1.54) is 0 Å². The molecule has 2 aromatic rings. The summed E-state index contributed by atoms with van der Waals surface area (Å²) in [5, 5.41) is 0. The summed E-state index contributed by atoms with van der Waals surface area (Å²) in [6.45, 7) is 13.7. The number of para-hydroxylation sites is 1. The van der Waals surface area contributed by atoms with Crippen molar-refractivity contribution in [3.8, 4) is 0 Å². The minimum atomic E-state index is -0.977. The normalized spacial score (nSPS) is 19.7. The average molecular weight is 492 g/mol. The van der Waals surface area contributed by atoms with Crippen molar-refractivity contribution < 1.29 is 19.1 Å². The Hall–Kier alpha value is -3.35. The number of hydrogen-bond donors (Lipinski definition) is 0. The molecule has 7 heteroatoms. The van der Waals surface area contributed by atoms with Crippen LogP contribution in [-0.4, -0.2) is 55.0 Å². The van der Waals surface area contributed by atoms with Gasteiger partial charge in [-0.1, -0.05) is 42.5 Å². The number of carbonyl (C=O) groups excluding carboxylic acids is 2. The van der Waals surface area contributed by atoms with Crippen LogP contribution in [0.4, 0.5) is 16.2 Å². The highest BCUT2D eigenvalue weighted by Crippen LogP contribution is 2.46. The van der Waals surface area contributed by atoms with Gasteiger partial charge in [0.05, 0.1) is 23.0 Å². The van der Waals surface area contributed by atoms with E-state index in [1.807, 2.05) is 90.1 Å². The first-order chi connectivity index (χ1) is 16.9. The summed E-state index contributed by atoms with van der Waals surface area (Å²) in [6.07, 6.45) is 2.01. The number of amides is 1. The van der Waals surface area contributed by atoms with E-state index >= 15 is 0 Å². The first-order valence-electron chi connectivity index (χ1n) is 12.6. The zero-order chi connectivity index (χ0) is 26.1. The maximum atomic E-state index is 13.1. The molecule has 1 saturated heterocycles. The van der Waals surface area contributed by atoms with E-state index in [9.17, 15) is 9.59 Å². The Morgan fingerprint density at radius 3 is 2.19 bits per heavy atom. The van der Waals surface area contributed by atoms with Gasteiger partial charge >= 0.3 is 12.1 Å². The summed E-state index contributed by atoms with van der Waals surface area (Å²) in [4.78, 5) is 34.4. The molecule has 0 aliphatic carbocycles. The van der Waals surface area contributed by atoms with Crippen molar-refractivity contribution in [2.45, 2.75) is 59.2 Å². The molecule has 7 nitrogen and oxygen atoms in total. The zero-order valence-corrected chi connectivity index (χ0v) is 22.2. The number of benzene rings is 2. The van der Waals surface area contributed by atoms with Crippen LogP contribution in [0.5, 0.6) is 0 Å². The molecular formula is C29H37N3O4. The van der Waals surface area contributed by atoms with Crippen LogP contribution in [0.1, 0.15) is 52.7 Å². The molecule has 0 radical (unpaired) electrons. The van der Waals surface area contributed by atoms with Gasteiger partial charge in [-0.05, 0) is 53.2 Å². The highest BCUT2D eigenvalue weighted by Gasteiger charge is 2.44. The third-order valence-electron chi connectivity index (χ3n) is 6.34. The molecule has 0 saturated carbocycles. The smallest absolute Gasteiger partial charge is 0.410 e. The lowest BCUT2D eigenvalue weighted by atomic mass is 9.87. The predicted octanol–water partition coefficient (Wildman–Crippen LogP) is 5.49. The molecule has 1 unspecified atom stereocenters. The van der Waals surface area contributed by atoms with E-state index in [-0.39, 0.29) is 12.1 Å². The quantitative estimate of drug-likeness (QED) is 0.529. The van der Waals surface area contributed by atoms with Crippen molar-refractivity contribution in [2.75, 3.05) is 31.1 Å². The largest absolute Gasteiger partial charge is 0.447 e. The van der Waals surface area contributed by atoms with Gasteiger partial charge in [0.1, 0.15) is 5.60 Å². The van der Waals surface area contributed by atoms with Crippen molar-refractivity contribution in [1.82, 2.24) is 4.90 Å². The Kier molecular flexibility index (Phi) is 6.86. The summed E-state index contributed by atoms with van der Waals surface area (Å²) in [6, 6.07) is 16.1. The van der Waals surface area contributed by atoms with E-state index in [0.717, 1.165) is 22.5 Å². The number of carbonyl (C=O) groups is 2. The molecule has 0 aromatic heterocycles. The summed E-state index contributed by atoms with van der Waals surface area (Å²) in [5.74, 6) is -0.269. The molecule has 36 heavy (non-hydrogen) atoms. The number of ether oxygens (including phenoxy) is 2. The Labute approximate surface area is 214 Å². The second-order valence-corrected chi connectivity index (χ2v) is 11.6. The fourth-order valence-corrected chi connectivity index (χ4v) is 4.43. The van der Waals surface area contributed by atoms with Crippen LogP contribution in [0, 0.1) is 5.41 Å². The Morgan fingerprint density at radius 2 is 1.58 bits per heavy atom. The molecule has 0 N–H and O–H groups in total. The Bertz CT molecular complexity index is 1140. The monoisotopic (exact) mass is 491 g/mol. The van der Waals surface area contributed by atoms with Crippen LogP contribution < -0.4 is 4.90 Å². The predicted molar refractivity (Wildman–Crippen MR) is 142 cm³/mol. The minimum Gasteiger partial charge on any atom is -0.447 e. The lowest BCUT2D eigenvalue weighted by molar-refractivity contribution is -0.163. The van der Waals surface area contributed by atoms with Gasteiger partial charge in [0.25, 0.3) is 0 Å². The molecule has 4 rings (SSSR count). The van der Waals surface area contributed by atoms with E-state index in [2.05, 4.69) is 4.90 Å². The second-order valence-electron chi connectivity index (χ2n) is 11.6. The first-order valence-corrected chi connectivity index (χ1v) is 12.6. The summed E-state index contributed by atoms with van der Waals surface area (Å²) >= 11 is 0. The number of esters is 1. The maximum Gasteiger partial charge on any atom is 0.410 e. The van der Waals surface area contributed by atoms with E-state index in [4.69, 9.17) is 14.5 Å². The van der Waals surface area contributed by atoms with E-state index < -0.39 is 16.6 Å². The van der Waals surface area contributed by atoms with Crippen LogP contribution in [-0.2, 0) is 26.3 Å². The van der Waals surface area contributed by atoms with Gasteiger partial charge in [0.2, 0.25) is 0 Å². The van der Waals surface area contributed by atoms with Gasteiger partial charge in [-0.15, -0.1) is 0 Å². The van der Waals surface area contributed by atoms with E-state index in [0.29, 0.717) is 32.6 Å². The van der Waals surface area contributed by atoms with Gasteiger partial charge in [0.15, 0.2) is 5.60 Å². The molecule has 0 bridgehead atoms. The summed E-state index contributed by atoms with van der Waals surface area (Å²) in [5.41, 5.74) is 1.61. The lowest BCUT2D eigenvalue weighted by Crippen LogP contribution is -2.50. The van der Waals surface area contributed by atoms with Crippen molar-refractivity contribution in [1.29, 1.82) is 0 Å². The maximum absolute atomic E-state index is 13.1. The number of nitrogens with zero attached hydrogens (tertiary/aromatic N) is 3. The Morgan fingerprint density at radius 1 is 0.917 bits per heavy atom. The van der Waals surface area contributed by atoms with Gasteiger partial charge in [0, 0.05) is 38.2 Å². The van der Waals surface area contributed by atoms with Crippen LogP contribution in [0.15, 0.2) is 53.5 Å². The van der Waals surface area contributed by atoms with Gasteiger partial charge in [-0.2, -0.15) is 0 Å². The fourth-order valence-electron chi connectivity index (χ4n) is 4.43. The standard InChI is InChI=1S/C29H37N3O4/c1-27(2,3)25(33)35-29(19-21-11-8-7-9-12-21)20-30-24-22(29)13-10-14-23(24)31-15-17-32(18-16-31)26(34)36-28(4,5)6/h7-14,20H,15-19H2,1-6H3. The average Bonchev–Trinajstić information content (AvgIpc) is 3.16. The van der Waals surface area contributed by atoms with Gasteiger partial charge in [-0.3, -0.25) is 9.79 Å². The van der Waals surface area contributed by atoms with Crippen molar-refractivity contribution in [2.24, 2.45) is 10.4 Å². The van der Waals surface area contributed by atoms with Crippen LogP contribution in [0.2, 0.25) is 0 Å². The SMILES string of the molecule is CC(C)(C)OC(=O)N1CCN(c2cccc3c2N=CC3(Cc2ccccc2)OC(=O)C(C)(C)C)CC1. The highest BCUT2D eigenvalue weighted by molar-refractivity contribution is 5.92. The minimum absolute atomic E-state index is 0.269. The Balaban J connectivity index is 1.60. The topological polar surface area (TPSA) is 71.4 Å². The summed E-state index contributed by atoms with van der Waals surface area (Å²) in [7, 11) is 0. The van der Waals surface area contributed by atoms with Crippen molar-refractivity contribution in [3.63, 3.8) is 0 Å². The number of rotatable bonds is 4. The second kappa shape index (κ2) is 9.60. The molecular weight excluding hydrogens is 454 g/mol. The van der Waals surface area contributed by atoms with Crippen LogP contribution in [0.3, 0.4) is 0 Å². The number of hydrogen-bond acceptors (Lipinski definition) is 6. The molecule has 2 aromatic carbocycles. The third-order valence-corrected chi connectivity index (χ3v) is 6.34. The van der Waals surface area contributed by atoms with Gasteiger partial charge < -0.3 is 19.3 Å². The lowest BCUT2D eigenvalue weighted by Gasteiger charge is -2.37. The molecule has 192 valence electrons. The van der Waals surface area contributed by atoms with Crippen LogP contribution >= 0.6 is 0 Å². The fraction of sp³-hybridized carbons (Fsp3) is 0.483. The highest BCUT2D eigenvalue weighted by atomic mass is 16.6. The number of aliphatic imine (C=N–C) groups is 1.